The summed E-state index contributed by atoms with van der Waals surface area (Å²) in [4.78, 5) is 32.2. The van der Waals surface area contributed by atoms with Gasteiger partial charge >= 0.3 is 16.3 Å². The molecule has 0 bridgehead atoms. The van der Waals surface area contributed by atoms with Gasteiger partial charge in [-0.15, -0.1) is 0 Å². The number of likely N-dealkylation sites (tertiary alicyclic amines) is 1. The van der Waals surface area contributed by atoms with Crippen molar-refractivity contribution in [3.05, 3.63) is 47.5 Å². The number of rotatable bonds is 16. The highest BCUT2D eigenvalue weighted by molar-refractivity contribution is 7.87. The van der Waals surface area contributed by atoms with Gasteiger partial charge in [0.15, 0.2) is 17.8 Å². The molecular formula is C43H64N6O9S. The first kappa shape index (κ1) is 44.6. The quantitative estimate of drug-likeness (QED) is 0.168. The Labute approximate surface area is 349 Å². The largest absolute Gasteiger partial charge is 0.488 e. The van der Waals surface area contributed by atoms with Crippen LogP contribution in [-0.4, -0.2) is 148 Å². The van der Waals surface area contributed by atoms with Crippen molar-refractivity contribution in [3.8, 4) is 22.8 Å². The van der Waals surface area contributed by atoms with E-state index in [4.69, 9.17) is 18.9 Å². The second kappa shape index (κ2) is 19.2. The number of nitrogens with one attached hydrogen (secondary N) is 1. The number of methoxy groups -OCH3 is 2. The topological polar surface area (TPSA) is 155 Å². The Morgan fingerprint density at radius 1 is 1.00 bits per heavy atom. The zero-order valence-electron chi connectivity index (χ0n) is 35.9. The minimum atomic E-state index is -4.24. The van der Waals surface area contributed by atoms with Crippen molar-refractivity contribution in [2.24, 2.45) is 0 Å². The summed E-state index contributed by atoms with van der Waals surface area (Å²) < 4.78 is 55.9. The number of carbonyl (C=O) groups is 2. The molecule has 1 saturated heterocycles. The van der Waals surface area contributed by atoms with Gasteiger partial charge in [0.2, 0.25) is 0 Å². The molecule has 2 aliphatic heterocycles. The van der Waals surface area contributed by atoms with Gasteiger partial charge in [-0.25, -0.2) is 9.52 Å². The van der Waals surface area contributed by atoms with E-state index in [0.717, 1.165) is 71.8 Å². The van der Waals surface area contributed by atoms with Crippen LogP contribution < -0.4 is 14.2 Å². The summed E-state index contributed by atoms with van der Waals surface area (Å²) in [5, 5.41) is 11.1. The van der Waals surface area contributed by atoms with Crippen molar-refractivity contribution in [1.29, 1.82) is 0 Å². The van der Waals surface area contributed by atoms with E-state index in [1.807, 2.05) is 46.0 Å². The fourth-order valence-electron chi connectivity index (χ4n) is 8.73. The van der Waals surface area contributed by atoms with Crippen molar-refractivity contribution < 1.29 is 42.1 Å². The third-order valence-corrected chi connectivity index (χ3v) is 13.6. The number of fused-ring (bicyclic) bond motifs is 5. The molecule has 6 rings (SSSR count). The molecule has 1 aliphatic carbocycles. The molecular weight excluding hydrogens is 777 g/mol. The lowest BCUT2D eigenvalue weighted by atomic mass is 9.81. The van der Waals surface area contributed by atoms with E-state index in [-0.39, 0.29) is 24.1 Å². The van der Waals surface area contributed by atoms with E-state index in [9.17, 15) is 23.1 Å². The highest BCUT2D eigenvalue weighted by atomic mass is 32.2. The molecule has 15 nitrogen and oxygen atoms in total. The van der Waals surface area contributed by atoms with Gasteiger partial charge in [-0.1, -0.05) is 31.4 Å². The predicted octanol–water partition coefficient (Wildman–Crippen LogP) is 5.83. The fraction of sp³-hybridized carbons (Fsp3) is 0.628. The Morgan fingerprint density at radius 2 is 1.71 bits per heavy atom. The molecule has 3 aromatic rings. The van der Waals surface area contributed by atoms with Crippen LogP contribution in [0.4, 0.5) is 4.79 Å². The van der Waals surface area contributed by atoms with E-state index >= 15 is 0 Å². The normalized spacial score (nSPS) is 18.1. The zero-order chi connectivity index (χ0) is 42.5. The van der Waals surface area contributed by atoms with Crippen LogP contribution in [0.25, 0.3) is 22.2 Å². The zero-order valence-corrected chi connectivity index (χ0v) is 36.7. The molecule has 0 radical (unpaired) electrons. The number of ether oxygens (including phenoxy) is 4. The van der Waals surface area contributed by atoms with E-state index in [1.165, 1.54) is 51.0 Å². The standard InChI is InChI=1S/C43H64N6O9S/c1-43(2,3)49(42(51)52)23-22-45(4)32-27-48-35-26-31(41(50)44-59(53,54)46(5)28-37(55-6)56-7)18-19-33(35)38(30-14-9-8-10-15-30)39(48)34-16-13-17-36(40(34)58-29-32)57-25-24-47-20-11-12-21-47/h13,16-19,26,30,32,37H,8-12,14-15,20-25,27-29H2,1-7H3,(H,44,50)(H,51,52)/t32-/m1/s1. The number of nitrogens with zero attached hydrogens (tertiary/aromatic N) is 5. The van der Waals surface area contributed by atoms with E-state index < -0.39 is 34.0 Å². The first-order valence-electron chi connectivity index (χ1n) is 20.9. The number of carboxylic acid groups (broad SMARTS) is 1. The highest BCUT2D eigenvalue weighted by Crippen LogP contribution is 2.49. The smallest absolute Gasteiger partial charge is 0.407 e. The van der Waals surface area contributed by atoms with E-state index in [1.54, 1.807) is 12.1 Å². The van der Waals surface area contributed by atoms with Gasteiger partial charge in [0.25, 0.3) is 5.91 Å². The van der Waals surface area contributed by atoms with Crippen LogP contribution in [0, 0.1) is 0 Å². The molecule has 0 spiro atoms. The van der Waals surface area contributed by atoms with Crippen LogP contribution in [-0.2, 0) is 26.2 Å². The van der Waals surface area contributed by atoms with E-state index in [2.05, 4.69) is 25.2 Å². The van der Waals surface area contributed by atoms with Crippen LogP contribution in [0.3, 0.4) is 0 Å². The van der Waals surface area contributed by atoms with Crippen LogP contribution >= 0.6 is 0 Å². The first-order chi connectivity index (χ1) is 28.1. The summed E-state index contributed by atoms with van der Waals surface area (Å²) in [6.45, 7) is 10.6. The third kappa shape index (κ3) is 10.3. The maximum atomic E-state index is 13.8. The monoisotopic (exact) mass is 840 g/mol. The van der Waals surface area contributed by atoms with Crippen molar-refractivity contribution in [3.63, 3.8) is 0 Å². The summed E-state index contributed by atoms with van der Waals surface area (Å²) >= 11 is 0. The van der Waals surface area contributed by atoms with Crippen LogP contribution in [0.2, 0.25) is 0 Å². The van der Waals surface area contributed by atoms with Gasteiger partial charge in [0, 0.05) is 75.0 Å². The second-order valence-electron chi connectivity index (χ2n) is 17.1. The fourth-order valence-corrected chi connectivity index (χ4v) is 9.56. The lowest BCUT2D eigenvalue weighted by Gasteiger charge is -2.37. The number of benzene rings is 2. The molecule has 1 saturated carbocycles. The number of amides is 2. The molecule has 1 aromatic heterocycles. The van der Waals surface area contributed by atoms with Gasteiger partial charge in [-0.3, -0.25) is 14.6 Å². The number of likely N-dealkylation sites (N-methyl/N-ethyl adjacent to an activating group) is 2. The third-order valence-electron chi connectivity index (χ3n) is 12.2. The lowest BCUT2D eigenvalue weighted by molar-refractivity contribution is -0.106. The molecule has 2 fully saturated rings. The van der Waals surface area contributed by atoms with Gasteiger partial charge in [-0.05, 0) is 102 Å². The summed E-state index contributed by atoms with van der Waals surface area (Å²) in [5.74, 6) is 0.824. The van der Waals surface area contributed by atoms with Gasteiger partial charge in [0.1, 0.15) is 13.2 Å². The molecule has 16 heteroatoms. The average molecular weight is 841 g/mol. The molecule has 326 valence electrons. The molecule has 2 aromatic carbocycles. The Kier molecular flexibility index (Phi) is 14.5. The Bertz CT molecular complexity index is 2030. The van der Waals surface area contributed by atoms with Crippen molar-refractivity contribution >= 4 is 33.1 Å². The second-order valence-corrected chi connectivity index (χ2v) is 18.9. The van der Waals surface area contributed by atoms with Gasteiger partial charge in [0.05, 0.1) is 18.3 Å². The van der Waals surface area contributed by atoms with Gasteiger partial charge in [-0.2, -0.15) is 12.7 Å². The molecule has 0 unspecified atom stereocenters. The van der Waals surface area contributed by atoms with Crippen molar-refractivity contribution in [2.45, 2.75) is 96.1 Å². The number of hydrogen-bond acceptors (Lipinski definition) is 10. The molecule has 1 atom stereocenters. The average Bonchev–Trinajstić information content (AvgIpc) is 3.82. The Hall–Kier alpha value is -3.93. The van der Waals surface area contributed by atoms with Crippen LogP contribution in [0.5, 0.6) is 11.5 Å². The molecule has 2 amide bonds. The Balaban J connectivity index is 1.45. The van der Waals surface area contributed by atoms with E-state index in [0.29, 0.717) is 44.3 Å². The lowest BCUT2D eigenvalue weighted by Crippen LogP contribution is -2.50. The molecule has 59 heavy (non-hydrogen) atoms. The molecule has 3 heterocycles. The SMILES string of the molecule is COC(CN(C)S(=O)(=O)NC(=O)c1ccc2c(C3CCCCC3)c3n(c2c1)C[C@@H](N(C)CCN(C(=O)O)C(C)(C)C)COc1c(OCCN2CCCC2)cccc1-3)OC. The van der Waals surface area contributed by atoms with Gasteiger partial charge < -0.3 is 33.5 Å². The van der Waals surface area contributed by atoms with Crippen LogP contribution in [0.1, 0.15) is 87.6 Å². The Morgan fingerprint density at radius 3 is 2.37 bits per heavy atom. The summed E-state index contributed by atoms with van der Waals surface area (Å²) in [6.07, 6.45) is 6.05. The first-order valence-corrected chi connectivity index (χ1v) is 22.4. The maximum absolute atomic E-state index is 13.8. The number of para-hydroxylation sites is 1. The number of aromatic nitrogens is 1. The summed E-state index contributed by atoms with van der Waals surface area (Å²) in [6, 6.07) is 11.3. The highest BCUT2D eigenvalue weighted by Gasteiger charge is 2.34. The number of carbonyl (C=O) groups excluding carboxylic acids is 1. The number of hydrogen-bond donors (Lipinski definition) is 2. The molecule has 3 aliphatic rings. The summed E-state index contributed by atoms with van der Waals surface area (Å²) in [7, 11) is 1.93. The summed E-state index contributed by atoms with van der Waals surface area (Å²) in [5.41, 5.74) is 3.53. The molecule has 2 N–H and O–H groups in total. The minimum absolute atomic E-state index is 0.119. The van der Waals surface area contributed by atoms with Crippen molar-refractivity contribution in [2.75, 3.05) is 80.8 Å². The van der Waals surface area contributed by atoms with Crippen LogP contribution in [0.15, 0.2) is 36.4 Å². The predicted molar refractivity (Wildman–Crippen MR) is 228 cm³/mol. The minimum Gasteiger partial charge on any atom is -0.488 e. The maximum Gasteiger partial charge on any atom is 0.407 e. The van der Waals surface area contributed by atoms with Crippen molar-refractivity contribution in [1.82, 2.24) is 28.3 Å².